The van der Waals surface area contributed by atoms with E-state index >= 15 is 0 Å². The minimum absolute atomic E-state index is 0.0932. The molecule has 1 heterocycles. The predicted molar refractivity (Wildman–Crippen MR) is 62.9 cm³/mol. The number of halogens is 1. The van der Waals surface area contributed by atoms with Crippen molar-refractivity contribution < 1.29 is 4.79 Å². The van der Waals surface area contributed by atoms with Crippen LogP contribution in [0.4, 0.5) is 5.69 Å². The number of aromatic amines is 1. The number of H-pyrrole nitrogens is 1. The number of carbonyl (C=O) groups is 1. The molecule has 0 bridgehead atoms. The number of rotatable bonds is 2. The number of carbonyl (C=O) groups excluding carboxylic acids is 1. The van der Waals surface area contributed by atoms with E-state index in [1.165, 1.54) is 4.57 Å². The molecule has 0 saturated heterocycles. The molecule has 0 aliphatic heterocycles. The van der Waals surface area contributed by atoms with Crippen LogP contribution in [-0.4, -0.2) is 21.3 Å². The average Bonchev–Trinajstić information content (AvgIpc) is 2.55. The molecule has 0 saturated carbocycles. The second-order valence-electron chi connectivity index (χ2n) is 3.40. The van der Waals surface area contributed by atoms with Crippen LogP contribution in [0.25, 0.3) is 11.0 Å². The Morgan fingerprint density at radius 1 is 1.56 bits per heavy atom. The summed E-state index contributed by atoms with van der Waals surface area (Å²) in [6.45, 7) is 0. The van der Waals surface area contributed by atoms with Gasteiger partial charge in [-0.2, -0.15) is 0 Å². The Balaban J connectivity index is 2.47. The van der Waals surface area contributed by atoms with Crippen LogP contribution in [0.15, 0.2) is 23.0 Å². The van der Waals surface area contributed by atoms with Crippen LogP contribution in [0.1, 0.15) is 0 Å². The van der Waals surface area contributed by atoms with Crippen molar-refractivity contribution in [3.63, 3.8) is 0 Å². The van der Waals surface area contributed by atoms with Gasteiger partial charge in [-0.05, 0) is 18.2 Å². The Labute approximate surface area is 96.0 Å². The van der Waals surface area contributed by atoms with E-state index in [-0.39, 0.29) is 17.5 Å². The van der Waals surface area contributed by atoms with Crippen LogP contribution in [0, 0.1) is 0 Å². The molecule has 84 valence electrons. The van der Waals surface area contributed by atoms with Crippen LogP contribution in [0.2, 0.25) is 0 Å². The summed E-state index contributed by atoms with van der Waals surface area (Å²) in [7, 11) is 1.66. The van der Waals surface area contributed by atoms with Crippen molar-refractivity contribution in [2.45, 2.75) is 0 Å². The number of aromatic nitrogens is 2. The Morgan fingerprint density at radius 2 is 2.31 bits per heavy atom. The highest BCUT2D eigenvalue weighted by Crippen LogP contribution is 2.15. The second-order valence-corrected chi connectivity index (χ2v) is 3.67. The van der Waals surface area contributed by atoms with Crippen LogP contribution < -0.4 is 11.0 Å². The minimum Gasteiger partial charge on any atom is -0.325 e. The van der Waals surface area contributed by atoms with Crippen molar-refractivity contribution in [2.75, 3.05) is 11.2 Å². The van der Waals surface area contributed by atoms with Gasteiger partial charge < -0.3 is 10.3 Å². The molecule has 1 aromatic carbocycles. The van der Waals surface area contributed by atoms with Gasteiger partial charge in [0.2, 0.25) is 5.91 Å². The monoisotopic (exact) mass is 239 g/mol. The average molecular weight is 240 g/mol. The van der Waals surface area contributed by atoms with E-state index in [9.17, 15) is 9.59 Å². The van der Waals surface area contributed by atoms with Gasteiger partial charge in [0, 0.05) is 12.7 Å². The lowest BCUT2D eigenvalue weighted by molar-refractivity contribution is -0.113. The normalized spacial score (nSPS) is 10.6. The molecule has 0 aliphatic carbocycles. The number of imidazole rings is 1. The first-order chi connectivity index (χ1) is 7.61. The number of alkyl halides is 1. The van der Waals surface area contributed by atoms with E-state index in [0.29, 0.717) is 5.69 Å². The fraction of sp³-hybridized carbons (Fsp3) is 0.200. The number of nitrogens with zero attached hydrogens (tertiary/aromatic N) is 1. The smallest absolute Gasteiger partial charge is 0.325 e. The maximum Gasteiger partial charge on any atom is 0.326 e. The highest BCUT2D eigenvalue weighted by atomic mass is 35.5. The zero-order valence-corrected chi connectivity index (χ0v) is 9.34. The lowest BCUT2D eigenvalue weighted by Crippen LogP contribution is -2.13. The fourth-order valence-corrected chi connectivity index (χ4v) is 1.56. The van der Waals surface area contributed by atoms with Gasteiger partial charge in [0.05, 0.1) is 11.0 Å². The molecule has 16 heavy (non-hydrogen) atoms. The van der Waals surface area contributed by atoms with Crippen molar-refractivity contribution in [1.29, 1.82) is 0 Å². The highest BCUT2D eigenvalue weighted by molar-refractivity contribution is 6.29. The summed E-state index contributed by atoms with van der Waals surface area (Å²) in [5.41, 5.74) is 1.90. The number of hydrogen-bond donors (Lipinski definition) is 2. The third-order valence-corrected chi connectivity index (χ3v) is 2.55. The number of hydrogen-bond acceptors (Lipinski definition) is 2. The van der Waals surface area contributed by atoms with Gasteiger partial charge >= 0.3 is 5.69 Å². The first-order valence-electron chi connectivity index (χ1n) is 4.66. The number of fused-ring (bicyclic) bond motifs is 1. The Kier molecular flexibility index (Phi) is 2.70. The maximum absolute atomic E-state index is 11.3. The Hall–Kier alpha value is -1.75. The third kappa shape index (κ3) is 1.81. The van der Waals surface area contributed by atoms with Gasteiger partial charge in [-0.25, -0.2) is 4.79 Å². The van der Waals surface area contributed by atoms with E-state index in [4.69, 9.17) is 11.6 Å². The van der Waals surface area contributed by atoms with Crippen LogP contribution in [-0.2, 0) is 11.8 Å². The van der Waals surface area contributed by atoms with Gasteiger partial charge in [0.15, 0.2) is 0 Å². The van der Waals surface area contributed by atoms with Crippen molar-refractivity contribution in [3.05, 3.63) is 28.7 Å². The number of aryl methyl sites for hydroxylation is 1. The molecule has 1 aromatic heterocycles. The van der Waals surface area contributed by atoms with Gasteiger partial charge in [-0.3, -0.25) is 9.36 Å². The zero-order chi connectivity index (χ0) is 11.7. The molecule has 0 radical (unpaired) electrons. The Morgan fingerprint density at radius 3 is 3.00 bits per heavy atom. The zero-order valence-electron chi connectivity index (χ0n) is 8.58. The second kappa shape index (κ2) is 4.02. The summed E-state index contributed by atoms with van der Waals surface area (Å²) in [4.78, 5) is 25.1. The molecular formula is C10H10ClN3O2. The molecule has 1 amide bonds. The molecular weight excluding hydrogens is 230 g/mol. The molecule has 0 aliphatic rings. The van der Waals surface area contributed by atoms with E-state index in [2.05, 4.69) is 10.3 Å². The fourth-order valence-electron chi connectivity index (χ4n) is 1.50. The predicted octanol–water partition coefficient (Wildman–Crippen LogP) is 1.04. The summed E-state index contributed by atoms with van der Waals surface area (Å²) in [6, 6.07) is 5.17. The van der Waals surface area contributed by atoms with Gasteiger partial charge in [0.1, 0.15) is 5.88 Å². The lowest BCUT2D eigenvalue weighted by Gasteiger charge is -2.03. The van der Waals surface area contributed by atoms with Crippen LogP contribution >= 0.6 is 11.6 Å². The first kappa shape index (κ1) is 10.8. The number of benzene rings is 1. The van der Waals surface area contributed by atoms with Gasteiger partial charge in [-0.15, -0.1) is 11.6 Å². The summed E-state index contributed by atoms with van der Waals surface area (Å²) in [5.74, 6) is -0.369. The van der Waals surface area contributed by atoms with Crippen molar-refractivity contribution >= 4 is 34.2 Å². The highest BCUT2D eigenvalue weighted by Gasteiger charge is 2.05. The maximum atomic E-state index is 11.3. The molecule has 2 N–H and O–H groups in total. The standard InChI is InChI=1S/C10H10ClN3O2/c1-14-8-4-6(12-9(15)5-11)2-3-7(8)13-10(14)16/h2-4H,5H2,1H3,(H,12,15)(H,13,16). The number of amides is 1. The molecule has 0 atom stereocenters. The number of nitrogens with one attached hydrogen (secondary N) is 2. The van der Waals surface area contributed by atoms with Crippen LogP contribution in [0.5, 0.6) is 0 Å². The summed E-state index contributed by atoms with van der Waals surface area (Å²) in [5, 5.41) is 2.62. The third-order valence-electron chi connectivity index (χ3n) is 2.31. The minimum atomic E-state index is -0.276. The number of anilines is 1. The Bertz CT molecular complexity index is 600. The van der Waals surface area contributed by atoms with E-state index in [1.807, 2.05) is 0 Å². The van der Waals surface area contributed by atoms with Gasteiger partial charge in [0.25, 0.3) is 0 Å². The SMILES string of the molecule is Cn1c(=O)[nH]c2ccc(NC(=O)CCl)cc21. The molecule has 2 aromatic rings. The molecule has 5 nitrogen and oxygen atoms in total. The van der Waals surface area contributed by atoms with Gasteiger partial charge in [-0.1, -0.05) is 0 Å². The molecule has 2 rings (SSSR count). The molecule has 0 spiro atoms. The quantitative estimate of drug-likeness (QED) is 0.769. The lowest BCUT2D eigenvalue weighted by atomic mass is 10.2. The summed E-state index contributed by atoms with van der Waals surface area (Å²) >= 11 is 5.38. The largest absolute Gasteiger partial charge is 0.326 e. The first-order valence-corrected chi connectivity index (χ1v) is 5.20. The molecule has 0 unspecified atom stereocenters. The van der Waals surface area contributed by atoms with Crippen molar-refractivity contribution in [2.24, 2.45) is 7.05 Å². The van der Waals surface area contributed by atoms with Crippen molar-refractivity contribution in [1.82, 2.24) is 9.55 Å². The topological polar surface area (TPSA) is 66.9 Å². The molecule has 6 heteroatoms. The summed E-state index contributed by atoms with van der Waals surface area (Å²) in [6.07, 6.45) is 0. The molecule has 0 fully saturated rings. The summed E-state index contributed by atoms with van der Waals surface area (Å²) < 4.78 is 1.48. The van der Waals surface area contributed by atoms with Crippen molar-refractivity contribution in [3.8, 4) is 0 Å². The van der Waals surface area contributed by atoms with E-state index in [0.717, 1.165) is 11.0 Å². The van der Waals surface area contributed by atoms with Crippen LogP contribution in [0.3, 0.4) is 0 Å². The van der Waals surface area contributed by atoms with E-state index < -0.39 is 0 Å². The van der Waals surface area contributed by atoms with E-state index in [1.54, 1.807) is 25.2 Å².